The summed E-state index contributed by atoms with van der Waals surface area (Å²) in [6.45, 7) is 3.83. The standard InChI is InChI=1S/C35H36F3N5O4/c1-4-24-27(37)8-7-21-13-23(47-20-45-3)14-25(28(21)24)30-29(38)31-26(16-39-30)32(42-11-5-9-34(2,44)18-42)41-33(40-31)46-19-35-10-6-12-43(35)17-22(36)15-35/h1,7-8,13-14,16,22,44H,5-6,9-12,15,17-20H2,2-3H3/t22-,34+,35+/m1/s1. The monoisotopic (exact) mass is 647 g/mol. The molecule has 2 aromatic carbocycles. The van der Waals surface area contributed by atoms with E-state index in [1.54, 1.807) is 25.1 Å². The maximum absolute atomic E-state index is 16.9. The van der Waals surface area contributed by atoms with Crippen LogP contribution in [0.15, 0.2) is 30.5 Å². The number of hydrogen-bond acceptors (Lipinski definition) is 9. The van der Waals surface area contributed by atoms with Gasteiger partial charge >= 0.3 is 6.01 Å². The number of benzene rings is 2. The molecule has 246 valence electrons. The number of methoxy groups -OCH3 is 1. The van der Waals surface area contributed by atoms with Crippen LogP contribution >= 0.6 is 0 Å². The zero-order valence-corrected chi connectivity index (χ0v) is 26.4. The van der Waals surface area contributed by atoms with Gasteiger partial charge in [-0.2, -0.15) is 9.97 Å². The van der Waals surface area contributed by atoms with Crippen LogP contribution in [-0.4, -0.2) is 89.0 Å². The number of aliphatic hydroxyl groups is 1. The fourth-order valence-electron chi connectivity index (χ4n) is 7.51. The Morgan fingerprint density at radius 3 is 2.74 bits per heavy atom. The molecule has 1 N–H and O–H groups in total. The summed E-state index contributed by atoms with van der Waals surface area (Å²) in [5.41, 5.74) is -1.46. The second-order valence-corrected chi connectivity index (χ2v) is 13.1. The van der Waals surface area contributed by atoms with Crippen molar-refractivity contribution in [2.24, 2.45) is 0 Å². The van der Waals surface area contributed by atoms with E-state index in [1.807, 2.05) is 4.90 Å². The van der Waals surface area contributed by atoms with E-state index < -0.39 is 28.9 Å². The van der Waals surface area contributed by atoms with Crippen molar-refractivity contribution in [1.82, 2.24) is 19.9 Å². The first-order valence-corrected chi connectivity index (χ1v) is 15.8. The van der Waals surface area contributed by atoms with Crippen molar-refractivity contribution < 1.29 is 32.5 Å². The van der Waals surface area contributed by atoms with Gasteiger partial charge < -0.3 is 24.2 Å². The molecule has 3 aliphatic heterocycles. The molecule has 0 saturated carbocycles. The lowest BCUT2D eigenvalue weighted by Gasteiger charge is -2.38. The highest BCUT2D eigenvalue weighted by molar-refractivity contribution is 6.03. The van der Waals surface area contributed by atoms with Gasteiger partial charge in [-0.1, -0.05) is 12.0 Å². The van der Waals surface area contributed by atoms with Crippen LogP contribution in [0.1, 0.15) is 44.6 Å². The summed E-state index contributed by atoms with van der Waals surface area (Å²) in [6.07, 6.45) is 9.65. The molecule has 4 aromatic rings. The number of ether oxygens (including phenoxy) is 3. The minimum Gasteiger partial charge on any atom is -0.468 e. The normalized spacial score (nSPS) is 24.5. The molecule has 47 heavy (non-hydrogen) atoms. The van der Waals surface area contributed by atoms with Crippen LogP contribution in [0.25, 0.3) is 32.9 Å². The molecule has 3 fully saturated rings. The number of β-amino-alcohol motifs (C(OH)–C–C–N with tert-alkyl or cyclic N) is 1. The number of halogens is 3. The number of anilines is 1. The summed E-state index contributed by atoms with van der Waals surface area (Å²) >= 11 is 0. The number of pyridine rings is 1. The van der Waals surface area contributed by atoms with E-state index in [4.69, 9.17) is 25.6 Å². The number of aromatic nitrogens is 3. The lowest BCUT2D eigenvalue weighted by Crippen LogP contribution is -2.46. The Balaban J connectivity index is 1.39. The van der Waals surface area contributed by atoms with E-state index in [9.17, 15) is 13.9 Å². The zero-order chi connectivity index (χ0) is 32.9. The maximum atomic E-state index is 16.9. The number of nitrogens with zero attached hydrogens (tertiary/aromatic N) is 5. The highest BCUT2D eigenvalue weighted by Gasteiger charge is 2.49. The largest absolute Gasteiger partial charge is 0.468 e. The van der Waals surface area contributed by atoms with Crippen molar-refractivity contribution in [2.45, 2.75) is 56.3 Å². The van der Waals surface area contributed by atoms with Gasteiger partial charge in [0.1, 0.15) is 41.4 Å². The molecule has 5 heterocycles. The molecule has 0 bridgehead atoms. The Morgan fingerprint density at radius 1 is 1.13 bits per heavy atom. The lowest BCUT2D eigenvalue weighted by atomic mass is 9.94. The number of rotatable bonds is 8. The van der Waals surface area contributed by atoms with E-state index in [0.717, 1.165) is 19.4 Å². The highest BCUT2D eigenvalue weighted by Crippen LogP contribution is 2.42. The topological polar surface area (TPSA) is 93.1 Å². The second-order valence-electron chi connectivity index (χ2n) is 13.1. The molecule has 3 saturated heterocycles. The molecular formula is C35H36F3N5O4. The number of fused-ring (bicyclic) bond motifs is 3. The Hall–Kier alpha value is -4.18. The van der Waals surface area contributed by atoms with E-state index >= 15 is 4.39 Å². The molecule has 2 aromatic heterocycles. The van der Waals surface area contributed by atoms with Gasteiger partial charge in [0.15, 0.2) is 12.6 Å². The van der Waals surface area contributed by atoms with Crippen molar-refractivity contribution in [3.05, 3.63) is 47.7 Å². The van der Waals surface area contributed by atoms with Crippen LogP contribution in [0.3, 0.4) is 0 Å². The Bertz CT molecular complexity index is 1900. The van der Waals surface area contributed by atoms with E-state index in [-0.39, 0.29) is 48.3 Å². The van der Waals surface area contributed by atoms with Crippen LogP contribution in [-0.2, 0) is 4.74 Å². The Morgan fingerprint density at radius 2 is 1.96 bits per heavy atom. The van der Waals surface area contributed by atoms with Gasteiger partial charge in [-0.25, -0.2) is 13.2 Å². The van der Waals surface area contributed by atoms with Crippen molar-refractivity contribution in [3.8, 4) is 35.4 Å². The summed E-state index contributed by atoms with van der Waals surface area (Å²) in [6, 6.07) is 5.94. The van der Waals surface area contributed by atoms with Crippen molar-refractivity contribution in [2.75, 3.05) is 51.6 Å². The number of hydrogen-bond donors (Lipinski definition) is 1. The molecule has 0 amide bonds. The molecule has 3 atom stereocenters. The molecular weight excluding hydrogens is 611 g/mol. The van der Waals surface area contributed by atoms with Crippen molar-refractivity contribution in [3.63, 3.8) is 0 Å². The fraction of sp³-hybridized carbons (Fsp3) is 0.457. The van der Waals surface area contributed by atoms with Crippen LogP contribution in [0.5, 0.6) is 11.8 Å². The summed E-state index contributed by atoms with van der Waals surface area (Å²) in [5.74, 6) is 1.70. The van der Waals surface area contributed by atoms with Gasteiger partial charge in [0.2, 0.25) is 0 Å². The molecule has 0 spiro atoms. The van der Waals surface area contributed by atoms with Crippen molar-refractivity contribution >= 4 is 27.5 Å². The third-order valence-electron chi connectivity index (χ3n) is 9.63. The zero-order valence-electron chi connectivity index (χ0n) is 26.4. The van der Waals surface area contributed by atoms with Gasteiger partial charge in [0, 0.05) is 50.3 Å². The van der Waals surface area contributed by atoms with E-state index in [2.05, 4.69) is 20.8 Å². The minimum absolute atomic E-state index is 0.0388. The van der Waals surface area contributed by atoms with Gasteiger partial charge in [-0.05, 0) is 62.7 Å². The molecule has 0 aliphatic carbocycles. The van der Waals surface area contributed by atoms with Gasteiger partial charge in [0.05, 0.1) is 22.1 Å². The molecule has 9 nitrogen and oxygen atoms in total. The Kier molecular flexibility index (Phi) is 8.10. The third-order valence-corrected chi connectivity index (χ3v) is 9.63. The summed E-state index contributed by atoms with van der Waals surface area (Å²) < 4.78 is 63.4. The first-order valence-electron chi connectivity index (χ1n) is 15.8. The smallest absolute Gasteiger partial charge is 0.319 e. The van der Waals surface area contributed by atoms with Gasteiger partial charge in [-0.3, -0.25) is 9.88 Å². The van der Waals surface area contributed by atoms with Gasteiger partial charge in [-0.15, -0.1) is 6.42 Å². The summed E-state index contributed by atoms with van der Waals surface area (Å²) in [7, 11) is 1.48. The summed E-state index contributed by atoms with van der Waals surface area (Å²) in [5, 5.41) is 12.1. The number of piperidine rings is 1. The molecule has 0 radical (unpaired) electrons. The molecule has 12 heteroatoms. The quantitative estimate of drug-likeness (QED) is 0.200. The molecule has 7 rings (SSSR count). The fourth-order valence-corrected chi connectivity index (χ4v) is 7.51. The molecule has 0 unspecified atom stereocenters. The average Bonchev–Trinajstić information content (AvgIpc) is 3.57. The summed E-state index contributed by atoms with van der Waals surface area (Å²) in [4.78, 5) is 17.8. The minimum atomic E-state index is -0.983. The van der Waals surface area contributed by atoms with E-state index in [1.165, 1.54) is 19.4 Å². The SMILES string of the molecule is C#Cc1c(F)ccc2cc(OCOC)cc(-c3ncc4c(N5CCC[C@](C)(O)C5)nc(OC[C@@]56CCCN5C[C@H](F)C6)nc4c3F)c12. The predicted molar refractivity (Wildman–Crippen MR) is 171 cm³/mol. The number of alkyl halides is 1. The highest BCUT2D eigenvalue weighted by atomic mass is 19.1. The predicted octanol–water partition coefficient (Wildman–Crippen LogP) is 5.39. The average molecular weight is 648 g/mol. The van der Waals surface area contributed by atoms with Crippen LogP contribution in [0.2, 0.25) is 0 Å². The van der Waals surface area contributed by atoms with E-state index in [0.29, 0.717) is 60.1 Å². The number of terminal acetylenes is 1. The lowest BCUT2D eigenvalue weighted by molar-refractivity contribution is 0.0447. The maximum Gasteiger partial charge on any atom is 0.319 e. The van der Waals surface area contributed by atoms with Crippen LogP contribution in [0.4, 0.5) is 19.0 Å². The molecule has 3 aliphatic rings. The first-order chi connectivity index (χ1) is 22.6. The van der Waals surface area contributed by atoms with Crippen LogP contribution in [0, 0.1) is 24.0 Å². The second kappa shape index (κ2) is 12.1. The van der Waals surface area contributed by atoms with Crippen molar-refractivity contribution in [1.29, 1.82) is 0 Å². The Labute approximate surface area is 270 Å². The first kappa shape index (κ1) is 31.4. The third kappa shape index (κ3) is 5.70. The van der Waals surface area contributed by atoms with Gasteiger partial charge in [0.25, 0.3) is 0 Å². The van der Waals surface area contributed by atoms with Crippen LogP contribution < -0.4 is 14.4 Å².